The fraction of sp³-hybridized carbons (Fsp3) is 0.286. The van der Waals surface area contributed by atoms with E-state index in [-0.39, 0.29) is 35.6 Å². The molecule has 0 radical (unpaired) electrons. The molecule has 2 aromatic carbocycles. The summed E-state index contributed by atoms with van der Waals surface area (Å²) in [5.41, 5.74) is 0.239. The predicted molar refractivity (Wildman–Crippen MR) is 102 cm³/mol. The van der Waals surface area contributed by atoms with E-state index < -0.39 is 11.7 Å². The van der Waals surface area contributed by atoms with E-state index in [9.17, 15) is 22.4 Å². The van der Waals surface area contributed by atoms with Crippen LogP contribution in [-0.4, -0.2) is 40.6 Å². The number of carbonyl (C=O) groups is 1. The molecule has 0 atom stereocenters. The highest BCUT2D eigenvalue weighted by Crippen LogP contribution is 2.32. The lowest BCUT2D eigenvalue weighted by Crippen LogP contribution is -2.49. The highest BCUT2D eigenvalue weighted by molar-refractivity contribution is 5.78. The summed E-state index contributed by atoms with van der Waals surface area (Å²) >= 11 is 0. The van der Waals surface area contributed by atoms with Gasteiger partial charge in [0.25, 0.3) is 0 Å². The maximum absolute atomic E-state index is 12.9. The minimum atomic E-state index is -4.45. The van der Waals surface area contributed by atoms with Gasteiger partial charge < -0.3 is 9.84 Å². The molecule has 1 aliphatic heterocycles. The molecule has 1 aliphatic rings. The molecule has 10 heteroatoms. The van der Waals surface area contributed by atoms with Crippen LogP contribution in [0.4, 0.5) is 17.6 Å². The number of hydrogen-bond acceptors (Lipinski definition) is 5. The molecule has 1 N–H and O–H groups in total. The van der Waals surface area contributed by atoms with Gasteiger partial charge in [0.2, 0.25) is 17.6 Å². The number of nitrogens with zero attached hydrogens (tertiary/aromatic N) is 3. The summed E-state index contributed by atoms with van der Waals surface area (Å²) in [5.74, 6) is -0.166. The van der Waals surface area contributed by atoms with Crippen LogP contribution in [0.5, 0.6) is 0 Å². The van der Waals surface area contributed by atoms with Crippen LogP contribution in [-0.2, 0) is 17.5 Å². The largest absolute Gasteiger partial charge is 0.416 e. The predicted octanol–water partition coefficient (Wildman–Crippen LogP) is 3.61. The molecule has 1 fully saturated rings. The van der Waals surface area contributed by atoms with Crippen molar-refractivity contribution in [2.24, 2.45) is 0 Å². The van der Waals surface area contributed by atoms with E-state index in [4.69, 9.17) is 4.52 Å². The topological polar surface area (TPSA) is 71.3 Å². The summed E-state index contributed by atoms with van der Waals surface area (Å²) in [4.78, 5) is 18.2. The summed E-state index contributed by atoms with van der Waals surface area (Å²) in [6.45, 7) is 1.54. The first-order chi connectivity index (χ1) is 14.8. The highest BCUT2D eigenvalue weighted by atomic mass is 19.4. The molecular formula is C21H18F4N4O2. The van der Waals surface area contributed by atoms with Gasteiger partial charge in [0.05, 0.1) is 18.0 Å². The summed E-state index contributed by atoms with van der Waals surface area (Å²) in [6.07, 6.45) is -4.45. The molecule has 6 nitrogen and oxygen atoms in total. The first-order valence-electron chi connectivity index (χ1n) is 9.52. The molecule has 2 heterocycles. The van der Waals surface area contributed by atoms with Crippen molar-refractivity contribution >= 4 is 5.91 Å². The number of alkyl halides is 3. The Labute approximate surface area is 174 Å². The second kappa shape index (κ2) is 8.46. The number of nitrogens with one attached hydrogen (secondary N) is 1. The number of halogens is 4. The second-order valence-corrected chi connectivity index (χ2v) is 7.33. The van der Waals surface area contributed by atoms with E-state index in [0.717, 1.165) is 17.7 Å². The normalized spacial score (nSPS) is 15.0. The van der Waals surface area contributed by atoms with Gasteiger partial charge in [0.1, 0.15) is 5.82 Å². The quantitative estimate of drug-likeness (QED) is 0.601. The third-order valence-corrected chi connectivity index (χ3v) is 4.97. The van der Waals surface area contributed by atoms with E-state index in [1.807, 2.05) is 4.90 Å². The van der Waals surface area contributed by atoms with Gasteiger partial charge in [-0.25, -0.2) is 4.39 Å². The number of hydrogen-bond donors (Lipinski definition) is 1. The van der Waals surface area contributed by atoms with Crippen LogP contribution in [0.2, 0.25) is 0 Å². The van der Waals surface area contributed by atoms with Gasteiger partial charge >= 0.3 is 6.18 Å². The van der Waals surface area contributed by atoms with Crippen molar-refractivity contribution in [1.29, 1.82) is 0 Å². The zero-order valence-electron chi connectivity index (χ0n) is 16.2. The lowest BCUT2D eigenvalue weighted by molar-refractivity contribution is -0.137. The Kier molecular flexibility index (Phi) is 5.73. The van der Waals surface area contributed by atoms with Crippen molar-refractivity contribution in [3.05, 3.63) is 71.4 Å². The summed E-state index contributed by atoms with van der Waals surface area (Å²) in [6, 6.07) is 10.6. The van der Waals surface area contributed by atoms with Gasteiger partial charge in [0, 0.05) is 25.2 Å². The molecule has 162 valence electrons. The summed E-state index contributed by atoms with van der Waals surface area (Å²) in [7, 11) is 0. The van der Waals surface area contributed by atoms with Crippen molar-refractivity contribution < 1.29 is 26.9 Å². The molecule has 1 aromatic heterocycles. The second-order valence-electron chi connectivity index (χ2n) is 7.33. The fourth-order valence-electron chi connectivity index (χ4n) is 3.27. The molecule has 1 saturated heterocycles. The van der Waals surface area contributed by atoms with E-state index in [2.05, 4.69) is 15.5 Å². The van der Waals surface area contributed by atoms with Crippen LogP contribution in [0.25, 0.3) is 11.4 Å². The Morgan fingerprint density at radius 2 is 1.90 bits per heavy atom. The van der Waals surface area contributed by atoms with Crippen molar-refractivity contribution in [2.75, 3.05) is 19.6 Å². The molecule has 0 spiro atoms. The first-order valence-corrected chi connectivity index (χ1v) is 9.52. The average Bonchev–Trinajstić information content (AvgIpc) is 3.19. The van der Waals surface area contributed by atoms with Crippen molar-refractivity contribution in [3.63, 3.8) is 0 Å². The Morgan fingerprint density at radius 1 is 1.16 bits per heavy atom. The first kappa shape index (κ1) is 21.0. The Bertz CT molecular complexity index is 1060. The molecule has 1 amide bonds. The minimum Gasteiger partial charge on any atom is -0.351 e. The molecule has 0 bridgehead atoms. The standard InChI is InChI=1S/C21H18F4N4O2/c22-17-6-4-13(5-7-17)9-26-18(30)12-29-10-15(11-29)20-27-19(28-31-20)14-2-1-3-16(8-14)21(23,24)25/h1-8,15H,9-12H2,(H,26,30). The molecule has 3 aromatic rings. The van der Waals surface area contributed by atoms with Crippen molar-refractivity contribution in [3.8, 4) is 11.4 Å². The SMILES string of the molecule is O=C(CN1CC(c2nc(-c3cccc(C(F)(F)F)c3)no2)C1)NCc1ccc(F)cc1. The fourth-order valence-corrected chi connectivity index (χ4v) is 3.27. The summed E-state index contributed by atoms with van der Waals surface area (Å²) in [5, 5.41) is 6.56. The zero-order chi connectivity index (χ0) is 22.0. The van der Waals surface area contributed by atoms with Crippen LogP contribution >= 0.6 is 0 Å². The maximum atomic E-state index is 12.9. The molecular weight excluding hydrogens is 416 g/mol. The average molecular weight is 434 g/mol. The Morgan fingerprint density at radius 3 is 2.61 bits per heavy atom. The summed E-state index contributed by atoms with van der Waals surface area (Å²) < 4.78 is 56.7. The monoisotopic (exact) mass is 434 g/mol. The number of amides is 1. The number of carbonyl (C=O) groups excluding carboxylic acids is 1. The Hall–Kier alpha value is -3.27. The van der Waals surface area contributed by atoms with E-state index in [0.29, 0.717) is 25.5 Å². The van der Waals surface area contributed by atoms with Gasteiger partial charge in [-0.05, 0) is 29.8 Å². The molecule has 4 rings (SSSR count). The number of rotatable bonds is 6. The third kappa shape index (κ3) is 5.08. The molecule has 0 unspecified atom stereocenters. The molecule has 0 saturated carbocycles. The van der Waals surface area contributed by atoms with E-state index in [1.54, 1.807) is 12.1 Å². The molecule has 31 heavy (non-hydrogen) atoms. The molecule has 0 aliphatic carbocycles. The van der Waals surface area contributed by atoms with Crippen LogP contribution in [0, 0.1) is 5.82 Å². The Balaban J connectivity index is 1.27. The van der Waals surface area contributed by atoms with Gasteiger partial charge in [0.15, 0.2) is 0 Å². The minimum absolute atomic E-state index is 0.0862. The third-order valence-electron chi connectivity index (χ3n) is 4.97. The van der Waals surface area contributed by atoms with Crippen molar-refractivity contribution in [1.82, 2.24) is 20.4 Å². The van der Waals surface area contributed by atoms with Gasteiger partial charge in [-0.3, -0.25) is 9.69 Å². The van der Waals surface area contributed by atoms with Crippen LogP contribution in [0.15, 0.2) is 53.1 Å². The number of benzene rings is 2. The van der Waals surface area contributed by atoms with Gasteiger partial charge in [-0.15, -0.1) is 0 Å². The lowest BCUT2D eigenvalue weighted by atomic mass is 10.0. The maximum Gasteiger partial charge on any atom is 0.416 e. The van der Waals surface area contributed by atoms with Crippen molar-refractivity contribution in [2.45, 2.75) is 18.6 Å². The highest BCUT2D eigenvalue weighted by Gasteiger charge is 2.34. The lowest BCUT2D eigenvalue weighted by Gasteiger charge is -2.36. The van der Waals surface area contributed by atoms with Gasteiger partial charge in [-0.2, -0.15) is 18.2 Å². The number of likely N-dealkylation sites (tertiary alicyclic amines) is 1. The van der Waals surface area contributed by atoms with Crippen LogP contribution < -0.4 is 5.32 Å². The smallest absolute Gasteiger partial charge is 0.351 e. The zero-order valence-corrected chi connectivity index (χ0v) is 16.2. The van der Waals surface area contributed by atoms with E-state index in [1.165, 1.54) is 24.3 Å². The van der Waals surface area contributed by atoms with Gasteiger partial charge in [-0.1, -0.05) is 29.4 Å². The van der Waals surface area contributed by atoms with Crippen LogP contribution in [0.3, 0.4) is 0 Å². The number of aromatic nitrogens is 2. The van der Waals surface area contributed by atoms with Crippen LogP contribution in [0.1, 0.15) is 22.9 Å². The van der Waals surface area contributed by atoms with E-state index >= 15 is 0 Å².